The average Bonchev–Trinajstić information content (AvgIpc) is 2.86. The van der Waals surface area contributed by atoms with E-state index in [4.69, 9.17) is 5.73 Å². The Morgan fingerprint density at radius 2 is 1.96 bits per heavy atom. The van der Waals surface area contributed by atoms with Crippen molar-refractivity contribution in [3.05, 3.63) is 52.2 Å². The van der Waals surface area contributed by atoms with Gasteiger partial charge in [-0.2, -0.15) is 0 Å². The number of nitrogens with zero attached hydrogens (tertiary/aromatic N) is 3. The van der Waals surface area contributed by atoms with Crippen LogP contribution in [0.15, 0.2) is 35.1 Å². The summed E-state index contributed by atoms with van der Waals surface area (Å²) in [4.78, 5) is 23.2. The summed E-state index contributed by atoms with van der Waals surface area (Å²) in [6.45, 7) is 2.03. The van der Waals surface area contributed by atoms with Crippen LogP contribution in [0.3, 0.4) is 0 Å². The normalized spacial score (nSPS) is 12.8. The molecule has 24 heavy (non-hydrogen) atoms. The summed E-state index contributed by atoms with van der Waals surface area (Å²) in [6, 6.07) is 9.41. The molecule has 0 saturated heterocycles. The van der Waals surface area contributed by atoms with Crippen LogP contribution in [0.2, 0.25) is 0 Å². The fourth-order valence-electron chi connectivity index (χ4n) is 2.56. The van der Waals surface area contributed by atoms with Gasteiger partial charge in [0, 0.05) is 0 Å². The second-order valence-electron chi connectivity index (χ2n) is 5.38. The zero-order chi connectivity index (χ0) is 17.3. The number of benzene rings is 1. The number of hydrogen-bond acceptors (Lipinski definition) is 6. The molecular weight excluding hydrogens is 330 g/mol. The highest BCUT2D eigenvalue weighted by Gasteiger charge is 2.20. The number of nitrogen functional groups attached to an aromatic ring is 1. The Morgan fingerprint density at radius 1 is 1.25 bits per heavy atom. The van der Waals surface area contributed by atoms with Gasteiger partial charge in [-0.25, -0.2) is 23.2 Å². The van der Waals surface area contributed by atoms with Gasteiger partial charge in [0.2, 0.25) is 0 Å². The molecule has 0 saturated carbocycles. The SMILES string of the molecule is CCC(c1nc(N)c2[nH]c(=O)n(Cc3ccccc3)c2n1)[SH](=O)=O. The number of aromatic amines is 1. The number of fused-ring (bicyclic) bond motifs is 1. The van der Waals surface area contributed by atoms with E-state index in [1.54, 1.807) is 6.92 Å². The van der Waals surface area contributed by atoms with Crippen LogP contribution in [0.5, 0.6) is 0 Å². The summed E-state index contributed by atoms with van der Waals surface area (Å²) in [5.74, 6) is 0.175. The van der Waals surface area contributed by atoms with Gasteiger partial charge in [-0.3, -0.25) is 4.57 Å². The minimum absolute atomic E-state index is 0.0641. The summed E-state index contributed by atoms with van der Waals surface area (Å²) < 4.78 is 24.2. The standard InChI is InChI=1S/C15H17N5O3S/c1-2-10(24(22)23)13-18-12(16)11-14(19-13)20(15(21)17-11)8-9-6-4-3-5-7-9/h3-7,10,24H,2,8H2,1H3,(H,17,21)(H2,16,18,19). The minimum atomic E-state index is -2.74. The molecule has 0 aliphatic rings. The topological polar surface area (TPSA) is 124 Å². The molecule has 0 aliphatic carbocycles. The van der Waals surface area contributed by atoms with Crippen molar-refractivity contribution in [3.8, 4) is 0 Å². The zero-order valence-electron chi connectivity index (χ0n) is 13.0. The third kappa shape index (κ3) is 2.90. The van der Waals surface area contributed by atoms with Gasteiger partial charge >= 0.3 is 5.69 Å². The van der Waals surface area contributed by atoms with E-state index in [9.17, 15) is 13.2 Å². The van der Waals surface area contributed by atoms with Crippen LogP contribution >= 0.6 is 0 Å². The molecule has 0 bridgehead atoms. The van der Waals surface area contributed by atoms with Crippen LogP contribution < -0.4 is 11.4 Å². The van der Waals surface area contributed by atoms with Gasteiger partial charge in [-0.05, 0) is 12.0 Å². The van der Waals surface area contributed by atoms with Crippen LogP contribution in [0, 0.1) is 0 Å². The third-order valence-corrected chi connectivity index (χ3v) is 4.90. The van der Waals surface area contributed by atoms with Crippen LogP contribution in [0.25, 0.3) is 11.2 Å². The van der Waals surface area contributed by atoms with Crippen LogP contribution in [0.1, 0.15) is 30.0 Å². The third-order valence-electron chi connectivity index (χ3n) is 3.79. The first-order valence-corrected chi connectivity index (χ1v) is 8.69. The first-order valence-electron chi connectivity index (χ1n) is 7.44. The van der Waals surface area contributed by atoms with Gasteiger partial charge in [-0.15, -0.1) is 0 Å². The summed E-state index contributed by atoms with van der Waals surface area (Å²) >= 11 is 0. The zero-order valence-corrected chi connectivity index (χ0v) is 13.9. The summed E-state index contributed by atoms with van der Waals surface area (Å²) in [5.41, 5.74) is 7.07. The number of H-pyrrole nitrogens is 1. The Labute approximate surface area is 139 Å². The molecule has 1 atom stereocenters. The van der Waals surface area contributed by atoms with Crippen molar-refractivity contribution >= 4 is 27.7 Å². The lowest BCUT2D eigenvalue weighted by atomic mass is 10.2. The smallest absolute Gasteiger partial charge is 0.328 e. The lowest BCUT2D eigenvalue weighted by Crippen LogP contribution is -2.18. The fraction of sp³-hybridized carbons (Fsp3) is 0.267. The molecule has 9 heteroatoms. The summed E-state index contributed by atoms with van der Waals surface area (Å²) in [6.07, 6.45) is 0.330. The molecule has 3 aromatic rings. The molecule has 0 radical (unpaired) electrons. The van der Waals surface area contributed by atoms with Gasteiger partial charge in [0.25, 0.3) is 0 Å². The van der Waals surface area contributed by atoms with E-state index in [-0.39, 0.29) is 17.3 Å². The molecule has 8 nitrogen and oxygen atoms in total. The van der Waals surface area contributed by atoms with E-state index < -0.39 is 16.0 Å². The van der Waals surface area contributed by atoms with Crippen LogP contribution in [-0.2, 0) is 17.2 Å². The molecule has 126 valence electrons. The molecule has 0 spiro atoms. The number of thiol groups is 1. The van der Waals surface area contributed by atoms with Gasteiger partial charge < -0.3 is 10.7 Å². The van der Waals surface area contributed by atoms with Crippen molar-refractivity contribution in [3.63, 3.8) is 0 Å². The predicted molar refractivity (Wildman–Crippen MR) is 91.5 cm³/mol. The van der Waals surface area contributed by atoms with Crippen molar-refractivity contribution < 1.29 is 8.42 Å². The molecule has 0 amide bonds. The quantitative estimate of drug-likeness (QED) is 0.587. The molecule has 1 unspecified atom stereocenters. The number of nitrogens with one attached hydrogen (secondary N) is 1. The Bertz CT molecular complexity index is 999. The summed E-state index contributed by atoms with van der Waals surface area (Å²) in [7, 11) is -2.74. The van der Waals surface area contributed by atoms with Gasteiger partial charge in [0.05, 0.1) is 6.54 Å². The highest BCUT2D eigenvalue weighted by molar-refractivity contribution is 7.72. The lowest BCUT2D eigenvalue weighted by molar-refractivity contribution is 0.595. The second-order valence-corrected chi connectivity index (χ2v) is 6.57. The molecule has 0 aliphatic heterocycles. The van der Waals surface area contributed by atoms with Crippen molar-refractivity contribution in [2.24, 2.45) is 0 Å². The Hall–Kier alpha value is -2.68. The number of nitrogens with two attached hydrogens (primary N) is 1. The number of anilines is 1. The maximum absolute atomic E-state index is 12.2. The number of imidazole rings is 1. The molecule has 2 heterocycles. The van der Waals surface area contributed by atoms with Crippen molar-refractivity contribution in [1.82, 2.24) is 19.5 Å². The maximum atomic E-state index is 12.2. The van der Waals surface area contributed by atoms with Crippen LogP contribution in [0.4, 0.5) is 5.82 Å². The average molecular weight is 347 g/mol. The van der Waals surface area contributed by atoms with E-state index in [2.05, 4.69) is 15.0 Å². The Balaban J connectivity index is 2.18. The van der Waals surface area contributed by atoms with E-state index in [0.717, 1.165) is 5.56 Å². The largest absolute Gasteiger partial charge is 0.382 e. The number of hydrogen-bond donors (Lipinski definition) is 3. The number of rotatable bonds is 5. The summed E-state index contributed by atoms with van der Waals surface area (Å²) in [5, 5.41) is -0.832. The van der Waals surface area contributed by atoms with E-state index in [0.29, 0.717) is 24.1 Å². The van der Waals surface area contributed by atoms with E-state index in [1.807, 2.05) is 30.3 Å². The Kier molecular flexibility index (Phi) is 4.34. The molecule has 2 aromatic heterocycles. The lowest BCUT2D eigenvalue weighted by Gasteiger charge is -2.09. The van der Waals surface area contributed by atoms with Crippen molar-refractivity contribution in [1.29, 1.82) is 0 Å². The highest BCUT2D eigenvalue weighted by Crippen LogP contribution is 2.22. The molecule has 3 N–H and O–H groups in total. The molecular formula is C15H17N5O3S. The van der Waals surface area contributed by atoms with Gasteiger partial charge in [0.1, 0.15) is 21.5 Å². The molecule has 1 aromatic carbocycles. The minimum Gasteiger partial charge on any atom is -0.382 e. The first kappa shape index (κ1) is 16.2. The molecule has 0 fully saturated rings. The molecule has 3 rings (SSSR count). The fourth-order valence-corrected chi connectivity index (χ4v) is 3.16. The van der Waals surface area contributed by atoms with Gasteiger partial charge in [0.15, 0.2) is 17.3 Å². The van der Waals surface area contributed by atoms with Crippen LogP contribution in [-0.4, -0.2) is 27.9 Å². The Morgan fingerprint density at radius 3 is 2.58 bits per heavy atom. The second kappa shape index (κ2) is 6.44. The maximum Gasteiger partial charge on any atom is 0.328 e. The van der Waals surface area contributed by atoms with Crippen molar-refractivity contribution in [2.45, 2.75) is 25.1 Å². The predicted octanol–water partition coefficient (Wildman–Crippen LogP) is 0.813. The highest BCUT2D eigenvalue weighted by atomic mass is 32.2. The van der Waals surface area contributed by atoms with Gasteiger partial charge in [-0.1, -0.05) is 37.3 Å². The van der Waals surface area contributed by atoms with Crippen molar-refractivity contribution in [2.75, 3.05) is 5.73 Å². The monoisotopic (exact) mass is 347 g/mol. The number of aromatic nitrogens is 4. The van der Waals surface area contributed by atoms with E-state index in [1.165, 1.54) is 4.57 Å². The van der Waals surface area contributed by atoms with E-state index >= 15 is 0 Å². The first-order chi connectivity index (χ1) is 11.5.